The monoisotopic (exact) mass is 520 g/mol. The van der Waals surface area contributed by atoms with Crippen molar-refractivity contribution < 1.29 is 9.53 Å². The van der Waals surface area contributed by atoms with Crippen molar-refractivity contribution >= 4 is 26.7 Å². The van der Waals surface area contributed by atoms with Crippen LogP contribution in [0.25, 0.3) is 0 Å². The number of aliphatic hydroxyl groups is 1. The Labute approximate surface area is 182 Å². The summed E-state index contributed by atoms with van der Waals surface area (Å²) >= 11 is -2.34. The van der Waals surface area contributed by atoms with Gasteiger partial charge in [0, 0.05) is 0 Å². The van der Waals surface area contributed by atoms with Crippen LogP contribution in [-0.2, 0) is 4.43 Å². The van der Waals surface area contributed by atoms with Gasteiger partial charge in [-0.15, -0.1) is 0 Å². The molecule has 0 rings (SSSR count). The molecule has 0 aromatic heterocycles. The molecule has 2 nitrogen and oxygen atoms in total. The van der Waals surface area contributed by atoms with Gasteiger partial charge >= 0.3 is 183 Å². The van der Waals surface area contributed by atoms with Crippen LogP contribution in [0.4, 0.5) is 0 Å². The molecule has 1 N–H and O–H groups in total. The first-order chi connectivity index (χ1) is 13.0. The fourth-order valence-electron chi connectivity index (χ4n) is 3.51. The number of rotatable bonds is 15. The molecule has 0 saturated heterocycles. The average molecular weight is 519 g/mol. The van der Waals surface area contributed by atoms with E-state index in [1.54, 1.807) is 0 Å². The van der Waals surface area contributed by atoms with Gasteiger partial charge in [-0.05, 0) is 0 Å². The van der Waals surface area contributed by atoms with E-state index in [9.17, 15) is 5.11 Å². The van der Waals surface area contributed by atoms with Gasteiger partial charge in [0.2, 0.25) is 0 Å². The molecule has 168 valence electrons. The second kappa shape index (κ2) is 13.9. The third-order valence-corrected chi connectivity index (χ3v) is 25.4. The zero-order valence-corrected chi connectivity index (χ0v) is 24.6. The number of unbranched alkanes of at least 4 members (excludes halogenated alkanes) is 3. The molecule has 0 spiro atoms. The van der Waals surface area contributed by atoms with Gasteiger partial charge in [-0.3, -0.25) is 0 Å². The van der Waals surface area contributed by atoms with E-state index in [0.717, 1.165) is 6.42 Å². The van der Waals surface area contributed by atoms with Crippen molar-refractivity contribution in [3.05, 3.63) is 10.2 Å². The second-order valence-electron chi connectivity index (χ2n) is 10.4. The summed E-state index contributed by atoms with van der Waals surface area (Å²) < 4.78 is 13.8. The molecule has 0 aliphatic carbocycles. The first-order valence-corrected chi connectivity index (χ1v) is 22.6. The molecule has 0 heterocycles. The molecule has 0 unspecified atom stereocenters. The molecule has 0 saturated carbocycles. The van der Waals surface area contributed by atoms with E-state index in [1.165, 1.54) is 51.8 Å². The van der Waals surface area contributed by atoms with Crippen molar-refractivity contribution in [2.75, 3.05) is 0 Å². The van der Waals surface area contributed by atoms with Crippen LogP contribution in [0, 0.1) is 0 Å². The van der Waals surface area contributed by atoms with E-state index in [4.69, 9.17) is 4.43 Å². The van der Waals surface area contributed by atoms with E-state index in [0.29, 0.717) is 0 Å². The summed E-state index contributed by atoms with van der Waals surface area (Å²) in [5.41, 5.74) is 0. The summed E-state index contributed by atoms with van der Waals surface area (Å²) in [5, 5.41) is 10.9. The van der Waals surface area contributed by atoms with Crippen molar-refractivity contribution in [2.24, 2.45) is 0 Å². The van der Waals surface area contributed by atoms with Crippen LogP contribution in [0.2, 0.25) is 31.4 Å². The summed E-state index contributed by atoms with van der Waals surface area (Å²) in [5.74, 6) is 0. The Morgan fingerprint density at radius 3 is 1.64 bits per heavy atom. The SMILES string of the molecule is CCC[CH2][Sn](/[CH]=C/[C@@H](O[Si](C)(C)C(C)(C)C)[C@@H](O)CC)([CH2]CCC)[CH2]CCC. The van der Waals surface area contributed by atoms with Gasteiger partial charge in [-0.25, -0.2) is 0 Å². The Hall–Kier alpha value is 0.676. The Kier molecular flexibility index (Phi) is 14.2. The van der Waals surface area contributed by atoms with E-state index in [-0.39, 0.29) is 11.1 Å². The summed E-state index contributed by atoms with van der Waals surface area (Å²) in [6.07, 6.45) is 10.6. The van der Waals surface area contributed by atoms with Crippen LogP contribution < -0.4 is 0 Å². The normalized spacial score (nSPS) is 15.9. The van der Waals surface area contributed by atoms with Crippen LogP contribution in [0.3, 0.4) is 0 Å². The summed E-state index contributed by atoms with van der Waals surface area (Å²) in [6, 6.07) is 0. The van der Waals surface area contributed by atoms with Gasteiger partial charge in [0.25, 0.3) is 0 Å². The Morgan fingerprint density at radius 2 is 1.32 bits per heavy atom. The first-order valence-electron chi connectivity index (χ1n) is 12.0. The minimum atomic E-state index is -2.34. The Balaban J connectivity index is 5.71. The van der Waals surface area contributed by atoms with Crippen LogP contribution in [0.5, 0.6) is 0 Å². The second-order valence-corrected chi connectivity index (χ2v) is 28.1. The maximum atomic E-state index is 10.7. The zero-order chi connectivity index (χ0) is 21.8. The summed E-state index contributed by atoms with van der Waals surface area (Å²) in [4.78, 5) is 0. The molecule has 0 aliphatic rings. The van der Waals surface area contributed by atoms with Crippen molar-refractivity contribution in [1.29, 1.82) is 0 Å². The van der Waals surface area contributed by atoms with Gasteiger partial charge in [0.1, 0.15) is 0 Å². The Bertz CT molecular complexity index is 407. The van der Waals surface area contributed by atoms with Crippen molar-refractivity contribution in [2.45, 2.75) is 137 Å². The summed E-state index contributed by atoms with van der Waals surface area (Å²) in [6.45, 7) is 20.5. The Morgan fingerprint density at radius 1 is 0.893 bits per heavy atom. The molecule has 0 fully saturated rings. The zero-order valence-electron chi connectivity index (χ0n) is 20.7. The topological polar surface area (TPSA) is 29.5 Å². The molecule has 0 aromatic rings. The molecule has 28 heavy (non-hydrogen) atoms. The molecule has 0 radical (unpaired) electrons. The predicted molar refractivity (Wildman–Crippen MR) is 132 cm³/mol. The first kappa shape index (κ1) is 28.7. The van der Waals surface area contributed by atoms with Crippen LogP contribution >= 0.6 is 0 Å². The molecule has 0 bridgehead atoms. The molecule has 4 heteroatoms. The fourth-order valence-corrected chi connectivity index (χ4v) is 19.1. The van der Waals surface area contributed by atoms with E-state index in [1.807, 2.05) is 0 Å². The van der Waals surface area contributed by atoms with Crippen LogP contribution in [0.15, 0.2) is 10.2 Å². The predicted octanol–water partition coefficient (Wildman–Crippen LogP) is 8.09. The van der Waals surface area contributed by atoms with Gasteiger partial charge in [-0.1, -0.05) is 0 Å². The molecule has 0 aliphatic heterocycles. The van der Waals surface area contributed by atoms with Crippen LogP contribution in [-0.4, -0.2) is 44.0 Å². The molecular weight excluding hydrogens is 467 g/mol. The van der Waals surface area contributed by atoms with Crippen molar-refractivity contribution in [1.82, 2.24) is 0 Å². The van der Waals surface area contributed by atoms with Gasteiger partial charge in [0.05, 0.1) is 0 Å². The third kappa shape index (κ3) is 10.1. The number of aliphatic hydroxyl groups excluding tert-OH is 1. The minimum absolute atomic E-state index is 0.133. The number of hydrogen-bond acceptors (Lipinski definition) is 2. The van der Waals surface area contributed by atoms with Gasteiger partial charge < -0.3 is 0 Å². The third-order valence-electron chi connectivity index (χ3n) is 6.76. The van der Waals surface area contributed by atoms with Gasteiger partial charge in [-0.2, -0.15) is 0 Å². The maximum absolute atomic E-state index is 10.7. The molecule has 0 amide bonds. The van der Waals surface area contributed by atoms with Crippen molar-refractivity contribution in [3.63, 3.8) is 0 Å². The molecule has 0 aromatic carbocycles. The number of hydrogen-bond donors (Lipinski definition) is 1. The fraction of sp³-hybridized carbons (Fsp3) is 0.917. The van der Waals surface area contributed by atoms with E-state index < -0.39 is 32.8 Å². The molecular formula is C24H52O2SiSn. The van der Waals surface area contributed by atoms with E-state index in [2.05, 4.69) is 71.7 Å². The van der Waals surface area contributed by atoms with Crippen molar-refractivity contribution in [3.8, 4) is 0 Å². The van der Waals surface area contributed by atoms with E-state index >= 15 is 0 Å². The van der Waals surface area contributed by atoms with Crippen LogP contribution in [0.1, 0.15) is 93.4 Å². The summed E-state index contributed by atoms with van der Waals surface area (Å²) in [7, 11) is -1.91. The van der Waals surface area contributed by atoms with Gasteiger partial charge in [0.15, 0.2) is 0 Å². The average Bonchev–Trinajstić information content (AvgIpc) is 2.64. The quantitative estimate of drug-likeness (QED) is 0.222. The molecule has 2 atom stereocenters. The standard InChI is InChI=1S/C12H25O2Si.3C4H9.Sn/c1-8-10(13)11(9-2)14-15(6,7)12(3,4)5;3*1-3-4-2;/h2,9-11,13H,8H2,1,3-7H3;3*1,3-4H2,2H3;/t10-,11+;;;;/m0..../s1.